The Morgan fingerprint density at radius 2 is 1.91 bits per heavy atom. The van der Waals surface area contributed by atoms with E-state index in [1.165, 1.54) is 7.11 Å². The van der Waals surface area contributed by atoms with E-state index in [1.807, 2.05) is 36.4 Å². The fourth-order valence-corrected chi connectivity index (χ4v) is 2.69. The van der Waals surface area contributed by atoms with E-state index < -0.39 is 0 Å². The van der Waals surface area contributed by atoms with Crippen molar-refractivity contribution in [2.75, 3.05) is 14.2 Å². The number of hydrogen-bond acceptors (Lipinski definition) is 4. The van der Waals surface area contributed by atoms with Gasteiger partial charge in [-0.05, 0) is 54.3 Å². The highest BCUT2D eigenvalue weighted by molar-refractivity contribution is 5.89. The first-order chi connectivity index (χ1) is 10.7. The zero-order valence-electron chi connectivity index (χ0n) is 12.7. The summed E-state index contributed by atoms with van der Waals surface area (Å²) in [6, 6.07) is 13.4. The van der Waals surface area contributed by atoms with Gasteiger partial charge in [-0.2, -0.15) is 0 Å². The minimum Gasteiger partial charge on any atom is -0.497 e. The van der Waals surface area contributed by atoms with Crippen molar-refractivity contribution in [1.82, 2.24) is 0 Å². The van der Waals surface area contributed by atoms with Gasteiger partial charge in [-0.25, -0.2) is 4.79 Å². The van der Waals surface area contributed by atoms with Crippen LogP contribution >= 0.6 is 0 Å². The number of rotatable bonds is 3. The number of aryl methyl sites for hydroxylation is 1. The molecule has 1 aliphatic rings. The topological polar surface area (TPSA) is 44.8 Å². The molecule has 2 aromatic rings. The van der Waals surface area contributed by atoms with Crippen LogP contribution in [0.3, 0.4) is 0 Å². The third-order valence-corrected chi connectivity index (χ3v) is 3.91. The smallest absolute Gasteiger partial charge is 0.337 e. The molecule has 0 saturated carbocycles. The van der Waals surface area contributed by atoms with Crippen LogP contribution < -0.4 is 9.47 Å². The molecule has 0 radical (unpaired) electrons. The fourth-order valence-electron chi connectivity index (χ4n) is 2.69. The number of fused-ring (bicyclic) bond motifs is 1. The van der Waals surface area contributed by atoms with Gasteiger partial charge < -0.3 is 14.2 Å². The number of ether oxygens (including phenoxy) is 3. The van der Waals surface area contributed by atoms with Crippen LogP contribution in [0.25, 0.3) is 0 Å². The second-order valence-corrected chi connectivity index (χ2v) is 5.23. The highest BCUT2D eigenvalue weighted by Gasteiger charge is 2.22. The van der Waals surface area contributed by atoms with Gasteiger partial charge >= 0.3 is 5.97 Å². The first-order valence-corrected chi connectivity index (χ1v) is 7.23. The van der Waals surface area contributed by atoms with Crippen molar-refractivity contribution >= 4 is 5.97 Å². The molecule has 114 valence electrons. The minimum atomic E-state index is -0.319. The van der Waals surface area contributed by atoms with Gasteiger partial charge in [0.2, 0.25) is 0 Å². The van der Waals surface area contributed by atoms with Crippen LogP contribution in [0.5, 0.6) is 11.5 Å². The summed E-state index contributed by atoms with van der Waals surface area (Å²) in [4.78, 5) is 11.6. The second-order valence-electron chi connectivity index (χ2n) is 5.23. The van der Waals surface area contributed by atoms with Crippen molar-refractivity contribution < 1.29 is 19.0 Å². The standard InChI is InChI=1S/C18H18O4/c1-20-15-7-3-12(4-8-15)16-9-5-13-11-14(18(19)21-2)6-10-17(13)22-16/h3-4,6-8,10-11,16H,5,9H2,1-2H3. The lowest BCUT2D eigenvalue weighted by Crippen LogP contribution is -2.16. The number of esters is 1. The zero-order valence-corrected chi connectivity index (χ0v) is 12.7. The molecule has 3 rings (SSSR count). The molecule has 0 amide bonds. The number of carbonyl (C=O) groups is 1. The molecule has 0 fully saturated rings. The van der Waals surface area contributed by atoms with Crippen LogP contribution in [-0.4, -0.2) is 20.2 Å². The summed E-state index contributed by atoms with van der Waals surface area (Å²) in [5.41, 5.74) is 2.74. The average molecular weight is 298 g/mol. The molecule has 0 aliphatic carbocycles. The number of hydrogen-bond donors (Lipinski definition) is 0. The van der Waals surface area contributed by atoms with Crippen molar-refractivity contribution in [2.45, 2.75) is 18.9 Å². The number of methoxy groups -OCH3 is 2. The monoisotopic (exact) mass is 298 g/mol. The summed E-state index contributed by atoms with van der Waals surface area (Å²) in [6.45, 7) is 0. The van der Waals surface area contributed by atoms with Gasteiger partial charge in [0.15, 0.2) is 0 Å². The Labute approximate surface area is 129 Å². The number of benzene rings is 2. The van der Waals surface area contributed by atoms with Crippen LogP contribution in [0, 0.1) is 0 Å². The molecule has 1 aliphatic heterocycles. The third kappa shape index (κ3) is 2.77. The Hall–Kier alpha value is -2.49. The van der Waals surface area contributed by atoms with Crippen molar-refractivity contribution in [3.63, 3.8) is 0 Å². The Morgan fingerprint density at radius 3 is 2.59 bits per heavy atom. The van der Waals surface area contributed by atoms with Crippen LogP contribution in [0.2, 0.25) is 0 Å². The van der Waals surface area contributed by atoms with Crippen molar-refractivity contribution in [3.8, 4) is 11.5 Å². The summed E-state index contributed by atoms with van der Waals surface area (Å²) in [5, 5.41) is 0. The largest absolute Gasteiger partial charge is 0.497 e. The maximum atomic E-state index is 11.6. The van der Waals surface area contributed by atoms with Crippen LogP contribution in [0.1, 0.15) is 34.0 Å². The van der Waals surface area contributed by atoms with Gasteiger partial charge in [-0.3, -0.25) is 0 Å². The lowest BCUT2D eigenvalue weighted by molar-refractivity contribution is 0.0600. The quantitative estimate of drug-likeness (QED) is 0.813. The van der Waals surface area contributed by atoms with Crippen molar-refractivity contribution in [2.24, 2.45) is 0 Å². The molecule has 1 atom stereocenters. The van der Waals surface area contributed by atoms with E-state index >= 15 is 0 Å². The maximum Gasteiger partial charge on any atom is 0.337 e. The molecule has 0 bridgehead atoms. The Morgan fingerprint density at radius 1 is 1.14 bits per heavy atom. The van der Waals surface area contributed by atoms with Gasteiger partial charge in [0.1, 0.15) is 17.6 Å². The Balaban J connectivity index is 1.80. The summed E-state index contributed by atoms with van der Waals surface area (Å²) in [5.74, 6) is 1.35. The van der Waals surface area contributed by atoms with Crippen LogP contribution in [-0.2, 0) is 11.2 Å². The SMILES string of the molecule is COC(=O)c1ccc2c(c1)CCC(c1ccc(OC)cc1)O2. The third-order valence-electron chi connectivity index (χ3n) is 3.91. The second kappa shape index (κ2) is 6.10. The Bertz CT molecular complexity index is 676. The van der Waals surface area contributed by atoms with E-state index in [1.54, 1.807) is 13.2 Å². The predicted molar refractivity (Wildman–Crippen MR) is 82.5 cm³/mol. The van der Waals surface area contributed by atoms with Gasteiger partial charge in [0, 0.05) is 0 Å². The van der Waals surface area contributed by atoms with E-state index in [9.17, 15) is 4.79 Å². The van der Waals surface area contributed by atoms with E-state index in [0.29, 0.717) is 5.56 Å². The molecule has 0 aromatic heterocycles. The van der Waals surface area contributed by atoms with E-state index in [-0.39, 0.29) is 12.1 Å². The van der Waals surface area contributed by atoms with Gasteiger partial charge in [0.05, 0.1) is 19.8 Å². The maximum absolute atomic E-state index is 11.6. The lowest BCUT2D eigenvalue weighted by Gasteiger charge is -2.26. The predicted octanol–water partition coefficient (Wildman–Crippen LogP) is 3.55. The first kappa shape index (κ1) is 14.4. The molecule has 1 unspecified atom stereocenters. The lowest BCUT2D eigenvalue weighted by atomic mass is 9.96. The molecule has 4 heteroatoms. The van der Waals surface area contributed by atoms with Gasteiger partial charge in [0.25, 0.3) is 0 Å². The van der Waals surface area contributed by atoms with Crippen LogP contribution in [0.4, 0.5) is 0 Å². The molecule has 22 heavy (non-hydrogen) atoms. The van der Waals surface area contributed by atoms with Crippen molar-refractivity contribution in [1.29, 1.82) is 0 Å². The highest BCUT2D eigenvalue weighted by Crippen LogP contribution is 2.35. The number of carbonyl (C=O) groups excluding carboxylic acids is 1. The molecular weight excluding hydrogens is 280 g/mol. The molecule has 0 N–H and O–H groups in total. The van der Waals surface area contributed by atoms with Gasteiger partial charge in [-0.15, -0.1) is 0 Å². The summed E-state index contributed by atoms with van der Waals surface area (Å²) >= 11 is 0. The summed E-state index contributed by atoms with van der Waals surface area (Å²) in [7, 11) is 3.04. The van der Waals surface area contributed by atoms with E-state index in [2.05, 4.69) is 0 Å². The van der Waals surface area contributed by atoms with Crippen LogP contribution in [0.15, 0.2) is 42.5 Å². The van der Waals surface area contributed by atoms with Crippen molar-refractivity contribution in [3.05, 3.63) is 59.2 Å². The zero-order chi connectivity index (χ0) is 15.5. The molecule has 4 nitrogen and oxygen atoms in total. The average Bonchev–Trinajstić information content (AvgIpc) is 2.60. The summed E-state index contributed by atoms with van der Waals surface area (Å²) in [6.07, 6.45) is 1.78. The summed E-state index contributed by atoms with van der Waals surface area (Å²) < 4.78 is 16.0. The normalized spacial score (nSPS) is 16.4. The Kier molecular flexibility index (Phi) is 4.00. The molecule has 2 aromatic carbocycles. The molecule has 0 saturated heterocycles. The van der Waals surface area contributed by atoms with Gasteiger partial charge in [-0.1, -0.05) is 12.1 Å². The molecule has 0 spiro atoms. The minimum absolute atomic E-state index is 0.0300. The van der Waals surface area contributed by atoms with E-state index in [0.717, 1.165) is 35.5 Å². The van der Waals surface area contributed by atoms with E-state index in [4.69, 9.17) is 14.2 Å². The molecule has 1 heterocycles. The first-order valence-electron chi connectivity index (χ1n) is 7.23. The fraction of sp³-hybridized carbons (Fsp3) is 0.278. The highest BCUT2D eigenvalue weighted by atomic mass is 16.5. The molecular formula is C18H18O4.